The van der Waals surface area contributed by atoms with Crippen LogP contribution in [0, 0.1) is 0 Å². The fourth-order valence-electron chi connectivity index (χ4n) is 3.09. The van der Waals surface area contributed by atoms with Crippen LogP contribution in [0.25, 0.3) is 0 Å². The Morgan fingerprint density at radius 3 is 2.50 bits per heavy atom. The van der Waals surface area contributed by atoms with Gasteiger partial charge < -0.3 is 14.6 Å². The van der Waals surface area contributed by atoms with E-state index in [4.69, 9.17) is 4.42 Å². The van der Waals surface area contributed by atoms with Gasteiger partial charge >= 0.3 is 0 Å². The molecule has 1 atom stereocenters. The highest BCUT2D eigenvalue weighted by molar-refractivity contribution is 7.89. The zero-order valence-corrected chi connectivity index (χ0v) is 15.5. The number of nitrogens with one attached hydrogen (secondary N) is 2. The molecule has 3 rings (SSSR count). The van der Waals surface area contributed by atoms with Crippen LogP contribution in [0.15, 0.2) is 58.0 Å². The van der Waals surface area contributed by atoms with Crippen LogP contribution in [0.5, 0.6) is 0 Å². The molecule has 1 fully saturated rings. The second kappa shape index (κ2) is 8.03. The second-order valence-electron chi connectivity index (χ2n) is 6.45. The van der Waals surface area contributed by atoms with E-state index in [9.17, 15) is 13.2 Å². The lowest BCUT2D eigenvalue weighted by molar-refractivity contribution is -0.895. The second-order valence-corrected chi connectivity index (χ2v) is 8.39. The van der Waals surface area contributed by atoms with E-state index in [0.29, 0.717) is 43.4 Å². The summed E-state index contributed by atoms with van der Waals surface area (Å²) < 4.78 is 32.0. The number of piperazine rings is 1. The van der Waals surface area contributed by atoms with Gasteiger partial charge in [-0.2, -0.15) is 4.31 Å². The third-order valence-electron chi connectivity index (χ3n) is 4.57. The Morgan fingerprint density at radius 2 is 1.88 bits per heavy atom. The van der Waals surface area contributed by atoms with Gasteiger partial charge in [-0.3, -0.25) is 4.79 Å². The van der Waals surface area contributed by atoms with Gasteiger partial charge in [-0.1, -0.05) is 18.2 Å². The van der Waals surface area contributed by atoms with Crippen LogP contribution in [0.2, 0.25) is 0 Å². The summed E-state index contributed by atoms with van der Waals surface area (Å²) in [5.41, 5.74) is 0. The Kier molecular flexibility index (Phi) is 5.75. The Morgan fingerprint density at radius 1 is 1.19 bits per heavy atom. The molecule has 0 radical (unpaired) electrons. The van der Waals surface area contributed by atoms with Crippen molar-refractivity contribution in [2.75, 3.05) is 32.7 Å². The molecule has 0 spiro atoms. The first-order chi connectivity index (χ1) is 12.5. The van der Waals surface area contributed by atoms with Crippen LogP contribution in [0.3, 0.4) is 0 Å². The van der Waals surface area contributed by atoms with Crippen molar-refractivity contribution < 1.29 is 22.5 Å². The van der Waals surface area contributed by atoms with Gasteiger partial charge in [0.2, 0.25) is 10.0 Å². The van der Waals surface area contributed by atoms with Crippen LogP contribution in [0.4, 0.5) is 0 Å². The molecule has 1 aromatic carbocycles. The van der Waals surface area contributed by atoms with E-state index in [1.165, 1.54) is 4.31 Å². The first-order valence-electron chi connectivity index (χ1n) is 8.68. The van der Waals surface area contributed by atoms with Crippen molar-refractivity contribution >= 4 is 15.9 Å². The summed E-state index contributed by atoms with van der Waals surface area (Å²) in [7, 11) is -3.46. The molecule has 2 aromatic rings. The highest BCUT2D eigenvalue weighted by Crippen LogP contribution is 2.15. The van der Waals surface area contributed by atoms with Crippen LogP contribution < -0.4 is 10.2 Å². The lowest BCUT2D eigenvalue weighted by Gasteiger charge is -2.31. The van der Waals surface area contributed by atoms with E-state index in [0.717, 1.165) is 4.90 Å². The maximum atomic E-state index is 12.6. The van der Waals surface area contributed by atoms with Gasteiger partial charge in [0.1, 0.15) is 5.76 Å². The fourth-order valence-corrected chi connectivity index (χ4v) is 4.55. The molecule has 1 aliphatic rings. The van der Waals surface area contributed by atoms with Crippen molar-refractivity contribution in [2.24, 2.45) is 0 Å². The van der Waals surface area contributed by atoms with Crippen molar-refractivity contribution in [1.29, 1.82) is 0 Å². The highest BCUT2D eigenvalue weighted by atomic mass is 32.2. The van der Waals surface area contributed by atoms with Crippen molar-refractivity contribution in [1.82, 2.24) is 9.62 Å². The van der Waals surface area contributed by atoms with Crippen LogP contribution in [-0.2, 0) is 14.8 Å². The number of rotatable bonds is 6. The molecule has 0 saturated carbocycles. The Hall–Kier alpha value is -2.16. The van der Waals surface area contributed by atoms with E-state index in [-0.39, 0.29) is 11.9 Å². The van der Waals surface area contributed by atoms with Crippen molar-refractivity contribution in [3.05, 3.63) is 54.5 Å². The van der Waals surface area contributed by atoms with Gasteiger partial charge in [-0.15, -0.1) is 0 Å². The lowest BCUT2D eigenvalue weighted by Crippen LogP contribution is -3.15. The van der Waals surface area contributed by atoms with Crippen molar-refractivity contribution in [3.8, 4) is 0 Å². The number of quaternary nitrogens is 1. The molecule has 2 heterocycles. The molecule has 0 bridgehead atoms. The SMILES string of the molecule is C[C@@H](NC(=O)C[NH+]1CCN(S(=O)(=O)c2ccccc2)CC1)c1ccco1. The number of sulfonamides is 1. The molecule has 0 unspecified atom stereocenters. The summed E-state index contributed by atoms with van der Waals surface area (Å²) in [5, 5.41) is 2.91. The van der Waals surface area contributed by atoms with Crippen molar-refractivity contribution in [2.45, 2.75) is 17.9 Å². The normalized spacial score (nSPS) is 17.7. The third-order valence-corrected chi connectivity index (χ3v) is 6.48. The maximum absolute atomic E-state index is 12.6. The topological polar surface area (TPSA) is 84.1 Å². The quantitative estimate of drug-likeness (QED) is 0.744. The minimum Gasteiger partial charge on any atom is -0.467 e. The zero-order valence-electron chi connectivity index (χ0n) is 14.7. The number of hydrogen-bond donors (Lipinski definition) is 2. The number of benzene rings is 1. The average Bonchev–Trinajstić information content (AvgIpc) is 3.18. The van der Waals surface area contributed by atoms with Crippen LogP contribution >= 0.6 is 0 Å². The summed E-state index contributed by atoms with van der Waals surface area (Å²) >= 11 is 0. The molecule has 8 heteroatoms. The molecule has 1 amide bonds. The zero-order chi connectivity index (χ0) is 18.6. The number of amides is 1. The minimum atomic E-state index is -3.46. The predicted octanol–water partition coefficient (Wildman–Crippen LogP) is 0.0462. The molecule has 1 aromatic heterocycles. The van der Waals surface area contributed by atoms with E-state index < -0.39 is 10.0 Å². The maximum Gasteiger partial charge on any atom is 0.275 e. The molecular weight excluding hydrogens is 354 g/mol. The summed E-state index contributed by atoms with van der Waals surface area (Å²) in [6.07, 6.45) is 1.58. The molecule has 26 heavy (non-hydrogen) atoms. The van der Waals surface area contributed by atoms with E-state index in [2.05, 4.69) is 5.32 Å². The van der Waals surface area contributed by atoms with E-state index in [1.807, 2.05) is 13.0 Å². The number of carbonyl (C=O) groups excluding carboxylic acids is 1. The number of furan rings is 1. The van der Waals surface area contributed by atoms with Gasteiger partial charge in [0.25, 0.3) is 5.91 Å². The largest absolute Gasteiger partial charge is 0.467 e. The summed E-state index contributed by atoms with van der Waals surface area (Å²) in [6.45, 7) is 4.23. The summed E-state index contributed by atoms with van der Waals surface area (Å²) in [4.78, 5) is 13.6. The standard InChI is InChI=1S/C18H23N3O4S/c1-15(17-8-5-13-25-17)19-18(22)14-20-9-11-21(12-10-20)26(23,24)16-6-3-2-4-7-16/h2-8,13,15H,9-12,14H2,1H3,(H,19,22)/p+1/t15-/m1/s1. The Bertz CT molecular complexity index is 813. The molecule has 0 aliphatic carbocycles. The smallest absolute Gasteiger partial charge is 0.275 e. The van der Waals surface area contributed by atoms with Gasteiger partial charge in [0.15, 0.2) is 6.54 Å². The predicted molar refractivity (Wildman–Crippen MR) is 96.0 cm³/mol. The number of nitrogens with zero attached hydrogens (tertiary/aromatic N) is 1. The summed E-state index contributed by atoms with van der Waals surface area (Å²) in [5.74, 6) is 0.649. The lowest BCUT2D eigenvalue weighted by atomic mass is 10.2. The molecule has 7 nitrogen and oxygen atoms in total. The number of carbonyl (C=O) groups is 1. The molecule has 1 saturated heterocycles. The van der Waals surface area contributed by atoms with Gasteiger partial charge in [-0.25, -0.2) is 8.42 Å². The molecular formula is C18H24N3O4S+. The first kappa shape index (κ1) is 18.6. The van der Waals surface area contributed by atoms with E-state index in [1.54, 1.807) is 42.7 Å². The van der Waals surface area contributed by atoms with Crippen LogP contribution in [-0.4, -0.2) is 51.4 Å². The highest BCUT2D eigenvalue weighted by Gasteiger charge is 2.31. The molecule has 2 N–H and O–H groups in total. The fraction of sp³-hybridized carbons (Fsp3) is 0.389. The first-order valence-corrected chi connectivity index (χ1v) is 10.1. The Labute approximate surface area is 153 Å². The van der Waals surface area contributed by atoms with Crippen molar-refractivity contribution in [3.63, 3.8) is 0 Å². The third kappa shape index (κ3) is 4.32. The van der Waals surface area contributed by atoms with E-state index >= 15 is 0 Å². The van der Waals surface area contributed by atoms with Gasteiger partial charge in [0.05, 0.1) is 43.4 Å². The molecule has 140 valence electrons. The van der Waals surface area contributed by atoms with Gasteiger partial charge in [0, 0.05) is 0 Å². The van der Waals surface area contributed by atoms with Gasteiger partial charge in [-0.05, 0) is 31.2 Å². The monoisotopic (exact) mass is 378 g/mol. The molecule has 1 aliphatic heterocycles. The van der Waals surface area contributed by atoms with Crippen LogP contribution in [0.1, 0.15) is 18.7 Å². The minimum absolute atomic E-state index is 0.0664. The summed E-state index contributed by atoms with van der Waals surface area (Å²) in [6, 6.07) is 11.9. The average molecular weight is 378 g/mol. The number of hydrogen-bond acceptors (Lipinski definition) is 4. The Balaban J connectivity index is 1.50.